The van der Waals surface area contributed by atoms with Gasteiger partial charge in [0.1, 0.15) is 0 Å². The van der Waals surface area contributed by atoms with E-state index in [1.165, 1.54) is 0 Å². The zero-order valence-electron chi connectivity index (χ0n) is 7.20. The molecule has 0 saturated heterocycles. The summed E-state index contributed by atoms with van der Waals surface area (Å²) in [7, 11) is 0. The second-order valence-electron chi connectivity index (χ2n) is 2.34. The SMILES string of the molecule is C/C(CC#N)=N\N=C(/C)CC#N. The molecule has 0 unspecified atom stereocenters. The molecule has 0 heterocycles. The molecular formula is C8H10N4. The highest BCUT2D eigenvalue weighted by Crippen LogP contribution is 1.89. The number of nitriles is 2. The predicted octanol–water partition coefficient (Wildman–Crippen LogP) is 1.65. The lowest BCUT2D eigenvalue weighted by Gasteiger charge is -1.89. The van der Waals surface area contributed by atoms with Crippen molar-refractivity contribution in [1.29, 1.82) is 10.5 Å². The van der Waals surface area contributed by atoms with Crippen molar-refractivity contribution in [1.82, 2.24) is 0 Å². The van der Waals surface area contributed by atoms with Crippen LogP contribution in [-0.4, -0.2) is 11.4 Å². The highest BCUT2D eigenvalue weighted by molar-refractivity contribution is 5.87. The van der Waals surface area contributed by atoms with E-state index in [4.69, 9.17) is 10.5 Å². The van der Waals surface area contributed by atoms with Crippen LogP contribution in [0.4, 0.5) is 0 Å². The Morgan fingerprint density at radius 3 is 1.58 bits per heavy atom. The molecule has 4 heteroatoms. The molecule has 0 aliphatic carbocycles. The molecule has 0 aliphatic rings. The number of hydrogen-bond donors (Lipinski definition) is 0. The van der Waals surface area contributed by atoms with Gasteiger partial charge in [0, 0.05) is 0 Å². The van der Waals surface area contributed by atoms with Crippen molar-refractivity contribution in [3.63, 3.8) is 0 Å². The molecule has 0 radical (unpaired) electrons. The van der Waals surface area contributed by atoms with Gasteiger partial charge in [0.25, 0.3) is 0 Å². The van der Waals surface area contributed by atoms with Gasteiger partial charge in [-0.25, -0.2) is 0 Å². The normalized spacial score (nSPS) is 12.0. The van der Waals surface area contributed by atoms with Gasteiger partial charge in [-0.3, -0.25) is 0 Å². The molecule has 0 atom stereocenters. The molecule has 12 heavy (non-hydrogen) atoms. The van der Waals surface area contributed by atoms with Gasteiger partial charge in [-0.2, -0.15) is 20.7 Å². The van der Waals surface area contributed by atoms with Crippen LogP contribution < -0.4 is 0 Å². The molecule has 0 aromatic rings. The Labute approximate surface area is 71.8 Å². The quantitative estimate of drug-likeness (QED) is 0.467. The smallest absolute Gasteiger partial charge is 0.0751 e. The summed E-state index contributed by atoms with van der Waals surface area (Å²) in [6.45, 7) is 3.46. The lowest BCUT2D eigenvalue weighted by atomic mass is 10.3. The second-order valence-corrected chi connectivity index (χ2v) is 2.34. The van der Waals surface area contributed by atoms with Gasteiger partial charge < -0.3 is 0 Å². The Balaban J connectivity index is 4.11. The third-order valence-electron chi connectivity index (χ3n) is 1.06. The Kier molecular flexibility index (Phi) is 5.21. The van der Waals surface area contributed by atoms with Crippen molar-refractivity contribution in [3.8, 4) is 12.1 Å². The molecule has 0 aromatic heterocycles. The van der Waals surface area contributed by atoms with Crippen LogP contribution in [0.15, 0.2) is 10.2 Å². The minimum atomic E-state index is 0.281. The average Bonchev–Trinajstić information content (AvgIpc) is 2.02. The second kappa shape index (κ2) is 6.06. The fraction of sp³-hybridized carbons (Fsp3) is 0.500. The maximum Gasteiger partial charge on any atom is 0.0751 e. The van der Waals surface area contributed by atoms with Crippen LogP contribution in [0.3, 0.4) is 0 Å². The van der Waals surface area contributed by atoms with Gasteiger partial charge in [0.15, 0.2) is 0 Å². The van der Waals surface area contributed by atoms with Gasteiger partial charge in [-0.05, 0) is 13.8 Å². The lowest BCUT2D eigenvalue weighted by molar-refractivity contribution is 1.17. The fourth-order valence-electron chi connectivity index (χ4n) is 0.470. The summed E-state index contributed by atoms with van der Waals surface area (Å²) >= 11 is 0. The Bertz CT molecular complexity index is 244. The van der Waals surface area contributed by atoms with E-state index in [-0.39, 0.29) is 12.8 Å². The van der Waals surface area contributed by atoms with Crippen molar-refractivity contribution in [3.05, 3.63) is 0 Å². The molecular weight excluding hydrogens is 152 g/mol. The van der Waals surface area contributed by atoms with E-state index in [1.54, 1.807) is 13.8 Å². The first-order valence-corrected chi connectivity index (χ1v) is 3.51. The van der Waals surface area contributed by atoms with Crippen molar-refractivity contribution in [2.24, 2.45) is 10.2 Å². The monoisotopic (exact) mass is 162 g/mol. The summed E-state index contributed by atoms with van der Waals surface area (Å²) in [5.41, 5.74) is 1.32. The zero-order chi connectivity index (χ0) is 9.40. The molecule has 0 N–H and O–H groups in total. The van der Waals surface area contributed by atoms with Crippen LogP contribution in [0.2, 0.25) is 0 Å². The van der Waals surface area contributed by atoms with Crippen molar-refractivity contribution in [2.45, 2.75) is 26.7 Å². The number of nitrogens with zero attached hydrogens (tertiary/aromatic N) is 4. The maximum absolute atomic E-state index is 8.27. The van der Waals surface area contributed by atoms with Gasteiger partial charge in [-0.15, -0.1) is 0 Å². The van der Waals surface area contributed by atoms with E-state index in [0.29, 0.717) is 11.4 Å². The lowest BCUT2D eigenvalue weighted by Crippen LogP contribution is -1.90. The minimum absolute atomic E-state index is 0.281. The highest BCUT2D eigenvalue weighted by atomic mass is 15.2. The Hall–Kier alpha value is -1.68. The summed E-state index contributed by atoms with van der Waals surface area (Å²) in [5, 5.41) is 24.1. The van der Waals surface area contributed by atoms with Crippen LogP contribution >= 0.6 is 0 Å². The molecule has 0 aliphatic heterocycles. The third kappa shape index (κ3) is 5.13. The summed E-state index contributed by atoms with van der Waals surface area (Å²) in [5.74, 6) is 0. The van der Waals surface area contributed by atoms with Crippen molar-refractivity contribution < 1.29 is 0 Å². The van der Waals surface area contributed by atoms with Gasteiger partial charge in [-0.1, -0.05) is 0 Å². The molecule has 0 rings (SSSR count). The summed E-state index contributed by atoms with van der Waals surface area (Å²) in [6.07, 6.45) is 0.562. The van der Waals surface area contributed by atoms with Gasteiger partial charge >= 0.3 is 0 Å². The molecule has 0 aromatic carbocycles. The predicted molar refractivity (Wildman–Crippen MR) is 46.7 cm³/mol. The van der Waals surface area contributed by atoms with E-state index in [9.17, 15) is 0 Å². The topological polar surface area (TPSA) is 72.3 Å². The van der Waals surface area contributed by atoms with Gasteiger partial charge in [0.05, 0.1) is 36.4 Å². The van der Waals surface area contributed by atoms with E-state index in [1.807, 2.05) is 12.1 Å². The van der Waals surface area contributed by atoms with E-state index in [2.05, 4.69) is 10.2 Å². The Morgan fingerprint density at radius 2 is 1.33 bits per heavy atom. The first-order chi connectivity index (χ1) is 5.70. The largest absolute Gasteiger partial charge is 0.198 e. The third-order valence-corrected chi connectivity index (χ3v) is 1.06. The van der Waals surface area contributed by atoms with Gasteiger partial charge in [0.2, 0.25) is 0 Å². The molecule has 0 bridgehead atoms. The van der Waals surface area contributed by atoms with Crippen LogP contribution in [0.1, 0.15) is 26.7 Å². The van der Waals surface area contributed by atoms with E-state index < -0.39 is 0 Å². The van der Waals surface area contributed by atoms with E-state index >= 15 is 0 Å². The minimum Gasteiger partial charge on any atom is -0.198 e. The first-order valence-electron chi connectivity index (χ1n) is 3.51. The summed E-state index contributed by atoms with van der Waals surface area (Å²) in [6, 6.07) is 3.92. The average molecular weight is 162 g/mol. The summed E-state index contributed by atoms with van der Waals surface area (Å²) < 4.78 is 0. The standard InChI is InChI=1S/C8H10N4/c1-7(3-5-9)11-12-8(2)4-6-10/h3-4H2,1-2H3/b11-7+,12-8+. The van der Waals surface area contributed by atoms with Crippen LogP contribution in [0.5, 0.6) is 0 Å². The zero-order valence-corrected chi connectivity index (χ0v) is 7.20. The molecule has 62 valence electrons. The highest BCUT2D eigenvalue weighted by Gasteiger charge is 1.89. The molecule has 0 saturated carbocycles. The molecule has 4 nitrogen and oxygen atoms in total. The number of hydrogen-bond acceptors (Lipinski definition) is 4. The maximum atomic E-state index is 8.27. The summed E-state index contributed by atoms with van der Waals surface area (Å²) in [4.78, 5) is 0. The molecule has 0 spiro atoms. The van der Waals surface area contributed by atoms with Crippen LogP contribution in [0.25, 0.3) is 0 Å². The van der Waals surface area contributed by atoms with Crippen molar-refractivity contribution >= 4 is 11.4 Å². The fourth-order valence-corrected chi connectivity index (χ4v) is 0.470. The molecule has 0 fully saturated rings. The number of rotatable bonds is 3. The van der Waals surface area contributed by atoms with Crippen molar-refractivity contribution in [2.75, 3.05) is 0 Å². The van der Waals surface area contributed by atoms with Crippen LogP contribution in [0, 0.1) is 22.7 Å². The first kappa shape index (κ1) is 10.3. The Morgan fingerprint density at radius 1 is 1.00 bits per heavy atom. The molecule has 0 amide bonds. The van der Waals surface area contributed by atoms with Crippen LogP contribution in [-0.2, 0) is 0 Å². The van der Waals surface area contributed by atoms with E-state index in [0.717, 1.165) is 0 Å².